The van der Waals surface area contributed by atoms with Gasteiger partial charge in [0.05, 0.1) is 12.1 Å². The highest BCUT2D eigenvalue weighted by atomic mass is 16.3. The summed E-state index contributed by atoms with van der Waals surface area (Å²) in [4.78, 5) is 13.8. The number of rotatable bonds is 6. The Labute approximate surface area is 103 Å². The number of likely N-dealkylation sites (tertiary alicyclic amines) is 1. The largest absolute Gasteiger partial charge is 0.387 e. The summed E-state index contributed by atoms with van der Waals surface area (Å²) in [5, 5.41) is 13.2. The fourth-order valence-electron chi connectivity index (χ4n) is 2.69. The molecule has 0 atom stereocenters. The van der Waals surface area contributed by atoms with Crippen molar-refractivity contribution in [2.75, 3.05) is 19.6 Å². The number of nitrogens with zero attached hydrogens (tertiary/aromatic N) is 1. The van der Waals surface area contributed by atoms with Crippen LogP contribution in [-0.4, -0.2) is 47.2 Å². The van der Waals surface area contributed by atoms with Gasteiger partial charge in [0, 0.05) is 19.1 Å². The maximum absolute atomic E-state index is 11.7. The Hall–Kier alpha value is -0.610. The van der Waals surface area contributed by atoms with E-state index in [1.807, 2.05) is 4.90 Å². The topological polar surface area (TPSA) is 52.6 Å². The van der Waals surface area contributed by atoms with E-state index in [-0.39, 0.29) is 5.91 Å². The number of amides is 1. The molecule has 4 nitrogen and oxygen atoms in total. The molecule has 0 radical (unpaired) electrons. The molecular weight excluding hydrogens is 216 g/mol. The quantitative estimate of drug-likeness (QED) is 0.720. The van der Waals surface area contributed by atoms with Gasteiger partial charge in [-0.15, -0.1) is 0 Å². The second kappa shape index (κ2) is 4.94. The maximum Gasteiger partial charge on any atom is 0.234 e. The molecule has 1 heterocycles. The maximum atomic E-state index is 11.7. The summed E-state index contributed by atoms with van der Waals surface area (Å²) in [6.45, 7) is 5.96. The van der Waals surface area contributed by atoms with Crippen LogP contribution in [0, 0.1) is 5.92 Å². The van der Waals surface area contributed by atoms with Crippen molar-refractivity contribution in [3.05, 3.63) is 0 Å². The van der Waals surface area contributed by atoms with Crippen LogP contribution in [0.25, 0.3) is 0 Å². The molecular formula is C13H24N2O2. The Morgan fingerprint density at radius 3 is 2.47 bits per heavy atom. The fourth-order valence-corrected chi connectivity index (χ4v) is 2.69. The molecule has 0 bridgehead atoms. The van der Waals surface area contributed by atoms with E-state index in [1.54, 1.807) is 0 Å². The number of hydrogen-bond acceptors (Lipinski definition) is 3. The zero-order chi connectivity index (χ0) is 12.5. The van der Waals surface area contributed by atoms with Gasteiger partial charge in [-0.05, 0) is 31.6 Å². The van der Waals surface area contributed by atoms with Crippen LogP contribution in [0.2, 0.25) is 0 Å². The minimum atomic E-state index is -0.477. The number of carbonyl (C=O) groups excluding carboxylic acids is 1. The van der Waals surface area contributed by atoms with Crippen LogP contribution in [0.15, 0.2) is 0 Å². The lowest BCUT2D eigenvalue weighted by Crippen LogP contribution is -2.64. The summed E-state index contributed by atoms with van der Waals surface area (Å²) in [7, 11) is 0. The summed E-state index contributed by atoms with van der Waals surface area (Å²) in [5.41, 5.74) is -0.477. The molecule has 1 saturated heterocycles. The lowest BCUT2D eigenvalue weighted by Gasteiger charge is -2.46. The molecule has 2 fully saturated rings. The minimum Gasteiger partial charge on any atom is -0.387 e. The number of nitrogens with one attached hydrogen (secondary N) is 1. The monoisotopic (exact) mass is 240 g/mol. The number of aliphatic hydroxyl groups is 1. The van der Waals surface area contributed by atoms with Gasteiger partial charge in [-0.3, -0.25) is 9.69 Å². The van der Waals surface area contributed by atoms with Gasteiger partial charge in [0.2, 0.25) is 5.91 Å². The Kier molecular flexibility index (Phi) is 3.73. The molecule has 1 aliphatic heterocycles. The van der Waals surface area contributed by atoms with Gasteiger partial charge in [-0.2, -0.15) is 0 Å². The van der Waals surface area contributed by atoms with Crippen LogP contribution < -0.4 is 5.32 Å². The van der Waals surface area contributed by atoms with E-state index in [0.29, 0.717) is 31.6 Å². The first-order chi connectivity index (χ1) is 8.07. The predicted molar refractivity (Wildman–Crippen MR) is 66.6 cm³/mol. The molecule has 4 heteroatoms. The average Bonchev–Trinajstić information content (AvgIpc) is 3.07. The summed E-state index contributed by atoms with van der Waals surface area (Å²) in [5.74, 6) is 0.595. The molecule has 2 aliphatic rings. The molecule has 98 valence electrons. The highest BCUT2D eigenvalue weighted by molar-refractivity contribution is 5.78. The summed E-state index contributed by atoms with van der Waals surface area (Å²) < 4.78 is 0. The third-order valence-corrected chi connectivity index (χ3v) is 4.05. The zero-order valence-corrected chi connectivity index (χ0v) is 10.9. The van der Waals surface area contributed by atoms with E-state index in [1.165, 1.54) is 0 Å². The van der Waals surface area contributed by atoms with Gasteiger partial charge < -0.3 is 10.4 Å². The Balaban J connectivity index is 1.67. The smallest absolute Gasteiger partial charge is 0.234 e. The standard InChI is InChI=1S/C13H24N2O2/c1-3-11(4-2)14-12(16)7-15-8-13(17,9-15)10-5-6-10/h10-11,17H,3-9H2,1-2H3,(H,14,16). The first-order valence-corrected chi connectivity index (χ1v) is 6.81. The lowest BCUT2D eigenvalue weighted by molar-refractivity contribution is -0.137. The highest BCUT2D eigenvalue weighted by Crippen LogP contribution is 2.44. The summed E-state index contributed by atoms with van der Waals surface area (Å²) in [6.07, 6.45) is 4.27. The van der Waals surface area contributed by atoms with Crippen molar-refractivity contribution < 1.29 is 9.90 Å². The van der Waals surface area contributed by atoms with E-state index in [2.05, 4.69) is 19.2 Å². The molecule has 0 aromatic rings. The van der Waals surface area contributed by atoms with Crippen molar-refractivity contribution in [1.82, 2.24) is 10.2 Å². The molecule has 0 aromatic carbocycles. The Morgan fingerprint density at radius 2 is 2.00 bits per heavy atom. The van der Waals surface area contributed by atoms with Crippen molar-refractivity contribution in [1.29, 1.82) is 0 Å². The van der Waals surface area contributed by atoms with E-state index >= 15 is 0 Å². The van der Waals surface area contributed by atoms with Gasteiger partial charge in [0.25, 0.3) is 0 Å². The SMILES string of the molecule is CCC(CC)NC(=O)CN1CC(O)(C2CC2)C1. The third-order valence-electron chi connectivity index (χ3n) is 4.05. The van der Waals surface area contributed by atoms with Crippen molar-refractivity contribution in [3.63, 3.8) is 0 Å². The summed E-state index contributed by atoms with van der Waals surface area (Å²) in [6, 6.07) is 0.297. The summed E-state index contributed by atoms with van der Waals surface area (Å²) >= 11 is 0. The molecule has 1 amide bonds. The van der Waals surface area contributed by atoms with Gasteiger partial charge in [0.15, 0.2) is 0 Å². The molecule has 2 N–H and O–H groups in total. The van der Waals surface area contributed by atoms with Crippen LogP contribution in [-0.2, 0) is 4.79 Å². The lowest BCUT2D eigenvalue weighted by atomic mass is 9.89. The van der Waals surface area contributed by atoms with Crippen LogP contribution in [0.4, 0.5) is 0 Å². The second-order valence-electron chi connectivity index (χ2n) is 5.60. The molecule has 2 rings (SSSR count). The molecule has 17 heavy (non-hydrogen) atoms. The zero-order valence-electron chi connectivity index (χ0n) is 10.9. The predicted octanol–water partition coefficient (Wildman–Crippen LogP) is 0.748. The Morgan fingerprint density at radius 1 is 1.41 bits per heavy atom. The number of carbonyl (C=O) groups is 1. The minimum absolute atomic E-state index is 0.0940. The molecule has 1 saturated carbocycles. The van der Waals surface area contributed by atoms with Crippen LogP contribution in [0.3, 0.4) is 0 Å². The van der Waals surface area contributed by atoms with Crippen molar-refractivity contribution in [3.8, 4) is 0 Å². The van der Waals surface area contributed by atoms with Crippen LogP contribution in [0.1, 0.15) is 39.5 Å². The van der Waals surface area contributed by atoms with E-state index in [4.69, 9.17) is 0 Å². The fraction of sp³-hybridized carbons (Fsp3) is 0.923. The van der Waals surface area contributed by atoms with E-state index in [9.17, 15) is 9.90 Å². The number of β-amino-alcohol motifs (C(OH)–C–C–N with tert-alkyl or cyclic N) is 1. The second-order valence-corrected chi connectivity index (χ2v) is 5.60. The molecule has 1 aliphatic carbocycles. The number of hydrogen-bond donors (Lipinski definition) is 2. The van der Waals surface area contributed by atoms with Gasteiger partial charge in [0.1, 0.15) is 0 Å². The Bertz CT molecular complexity index is 279. The van der Waals surface area contributed by atoms with Crippen LogP contribution in [0.5, 0.6) is 0 Å². The normalized spacial score (nSPS) is 23.5. The third kappa shape index (κ3) is 2.99. The van der Waals surface area contributed by atoms with Gasteiger partial charge in [-0.25, -0.2) is 0 Å². The van der Waals surface area contributed by atoms with Crippen LogP contribution >= 0.6 is 0 Å². The highest BCUT2D eigenvalue weighted by Gasteiger charge is 2.51. The molecule has 0 aromatic heterocycles. The van der Waals surface area contributed by atoms with E-state index < -0.39 is 5.60 Å². The van der Waals surface area contributed by atoms with E-state index in [0.717, 1.165) is 25.7 Å². The first-order valence-electron chi connectivity index (χ1n) is 6.81. The van der Waals surface area contributed by atoms with Crippen molar-refractivity contribution in [2.45, 2.75) is 51.2 Å². The van der Waals surface area contributed by atoms with Crippen molar-refractivity contribution >= 4 is 5.91 Å². The van der Waals surface area contributed by atoms with Gasteiger partial charge >= 0.3 is 0 Å². The first kappa shape index (κ1) is 12.8. The molecule has 0 unspecified atom stereocenters. The van der Waals surface area contributed by atoms with Gasteiger partial charge in [-0.1, -0.05) is 13.8 Å². The molecule has 0 spiro atoms. The average molecular weight is 240 g/mol. The van der Waals surface area contributed by atoms with Crippen molar-refractivity contribution in [2.24, 2.45) is 5.92 Å².